The first-order valence-corrected chi connectivity index (χ1v) is 11.2. The summed E-state index contributed by atoms with van der Waals surface area (Å²) in [4.78, 5) is 12.1. The number of nitrogens with zero attached hydrogens (tertiary/aromatic N) is 1. The first-order chi connectivity index (χ1) is 11.4. The summed E-state index contributed by atoms with van der Waals surface area (Å²) in [5.41, 5.74) is 1.55. The molecule has 1 aromatic rings. The van der Waals surface area contributed by atoms with Gasteiger partial charge in [0.05, 0.1) is 11.9 Å². The highest BCUT2D eigenvalue weighted by atomic mass is 32.2. The van der Waals surface area contributed by atoms with E-state index in [4.69, 9.17) is 0 Å². The first-order valence-electron chi connectivity index (χ1n) is 8.29. The van der Waals surface area contributed by atoms with Crippen molar-refractivity contribution in [2.75, 3.05) is 29.4 Å². The predicted molar refractivity (Wildman–Crippen MR) is 101 cm³/mol. The van der Waals surface area contributed by atoms with Crippen LogP contribution < -0.4 is 9.62 Å². The number of nitrogens with one attached hydrogen (secondary N) is 1. The average molecular weight is 371 g/mol. The number of carbonyl (C=O) groups is 1. The molecule has 1 aliphatic carbocycles. The van der Waals surface area contributed by atoms with E-state index < -0.39 is 10.0 Å². The van der Waals surface area contributed by atoms with Gasteiger partial charge in [0, 0.05) is 17.5 Å². The van der Waals surface area contributed by atoms with Crippen LogP contribution in [0.1, 0.15) is 31.2 Å². The summed E-state index contributed by atoms with van der Waals surface area (Å²) < 4.78 is 25.1. The number of aryl methyl sites for hydroxylation is 1. The van der Waals surface area contributed by atoms with E-state index in [2.05, 4.69) is 5.32 Å². The largest absolute Gasteiger partial charge is 0.354 e. The van der Waals surface area contributed by atoms with Crippen LogP contribution in [0.3, 0.4) is 0 Å². The van der Waals surface area contributed by atoms with Crippen molar-refractivity contribution in [1.29, 1.82) is 0 Å². The van der Waals surface area contributed by atoms with Gasteiger partial charge in [0.2, 0.25) is 15.9 Å². The van der Waals surface area contributed by atoms with Crippen molar-refractivity contribution in [3.05, 3.63) is 29.8 Å². The molecule has 7 heteroatoms. The number of hydrogen-bond donors (Lipinski definition) is 1. The van der Waals surface area contributed by atoms with Crippen LogP contribution in [0.15, 0.2) is 24.3 Å². The van der Waals surface area contributed by atoms with Gasteiger partial charge in [0.1, 0.15) is 6.54 Å². The molecule has 0 bridgehead atoms. The summed E-state index contributed by atoms with van der Waals surface area (Å²) in [6, 6.07) is 7.12. The Balaban J connectivity index is 1.84. The first kappa shape index (κ1) is 19.1. The third kappa shape index (κ3) is 6.02. The molecule has 2 rings (SSSR count). The Labute approximate surface area is 149 Å². The summed E-state index contributed by atoms with van der Waals surface area (Å²) in [6.07, 6.45) is 6.28. The molecule has 0 unspecified atom stereocenters. The molecular weight excluding hydrogens is 344 g/mol. The number of amides is 1. The van der Waals surface area contributed by atoms with E-state index in [-0.39, 0.29) is 12.5 Å². The van der Waals surface area contributed by atoms with Gasteiger partial charge in [-0.3, -0.25) is 9.10 Å². The summed E-state index contributed by atoms with van der Waals surface area (Å²) in [6.45, 7) is 2.32. The quantitative estimate of drug-likeness (QED) is 0.714. The number of rotatable bonds is 8. The van der Waals surface area contributed by atoms with E-state index in [1.807, 2.05) is 30.8 Å². The minimum atomic E-state index is -3.50. The number of anilines is 1. The Morgan fingerprint density at radius 3 is 2.46 bits per heavy atom. The molecule has 0 radical (unpaired) electrons. The van der Waals surface area contributed by atoms with Crippen LogP contribution in [0.2, 0.25) is 0 Å². The van der Waals surface area contributed by atoms with Gasteiger partial charge in [-0.1, -0.05) is 30.5 Å². The highest BCUT2D eigenvalue weighted by Crippen LogP contribution is 2.28. The molecule has 1 saturated carbocycles. The number of carbonyl (C=O) groups excluding carboxylic acids is 1. The van der Waals surface area contributed by atoms with Crippen molar-refractivity contribution >= 4 is 33.4 Å². The minimum Gasteiger partial charge on any atom is -0.354 e. The molecular formula is C17H26N2O3S2. The van der Waals surface area contributed by atoms with E-state index >= 15 is 0 Å². The lowest BCUT2D eigenvalue weighted by Gasteiger charge is -2.22. The lowest BCUT2D eigenvalue weighted by Crippen LogP contribution is -2.41. The Bertz CT molecular complexity index is 638. The molecule has 0 saturated heterocycles. The van der Waals surface area contributed by atoms with Crippen molar-refractivity contribution in [3.8, 4) is 0 Å². The maximum atomic E-state index is 12.1. The van der Waals surface area contributed by atoms with Gasteiger partial charge < -0.3 is 5.32 Å². The minimum absolute atomic E-state index is 0.185. The zero-order valence-electron chi connectivity index (χ0n) is 14.3. The number of hydrogen-bond acceptors (Lipinski definition) is 4. The third-order valence-electron chi connectivity index (χ3n) is 4.09. The maximum absolute atomic E-state index is 12.1. The monoisotopic (exact) mass is 370 g/mol. The van der Waals surface area contributed by atoms with Crippen molar-refractivity contribution in [1.82, 2.24) is 5.32 Å². The SMILES string of the molecule is Cc1ccc(N(CC(=O)NCCSC2CCCC2)S(C)(=O)=O)cc1. The Morgan fingerprint density at radius 2 is 1.88 bits per heavy atom. The second-order valence-corrected chi connectivity index (χ2v) is 9.55. The van der Waals surface area contributed by atoms with Crippen molar-refractivity contribution in [2.24, 2.45) is 0 Å². The van der Waals surface area contributed by atoms with Crippen molar-refractivity contribution < 1.29 is 13.2 Å². The molecule has 0 aliphatic heterocycles. The van der Waals surface area contributed by atoms with Gasteiger partial charge in [-0.2, -0.15) is 11.8 Å². The van der Waals surface area contributed by atoms with Crippen LogP contribution >= 0.6 is 11.8 Å². The fourth-order valence-electron chi connectivity index (χ4n) is 2.77. The van der Waals surface area contributed by atoms with Crippen molar-refractivity contribution in [2.45, 2.75) is 37.9 Å². The van der Waals surface area contributed by atoms with E-state index in [0.29, 0.717) is 12.2 Å². The summed E-state index contributed by atoms with van der Waals surface area (Å²) >= 11 is 1.90. The average Bonchev–Trinajstić information content (AvgIpc) is 3.02. The van der Waals surface area contributed by atoms with Crippen LogP contribution in [-0.4, -0.2) is 44.7 Å². The fraction of sp³-hybridized carbons (Fsp3) is 0.588. The zero-order chi connectivity index (χ0) is 17.6. The van der Waals surface area contributed by atoms with Gasteiger partial charge in [-0.25, -0.2) is 8.42 Å². The second-order valence-electron chi connectivity index (χ2n) is 6.23. The molecule has 5 nitrogen and oxygen atoms in total. The Kier molecular flexibility index (Phi) is 6.98. The van der Waals surface area contributed by atoms with Gasteiger partial charge in [0.15, 0.2) is 0 Å². The maximum Gasteiger partial charge on any atom is 0.240 e. The topological polar surface area (TPSA) is 66.5 Å². The standard InChI is InChI=1S/C17H26N2O3S2/c1-14-7-9-15(10-8-14)19(24(2,21)22)13-17(20)18-11-12-23-16-5-3-4-6-16/h7-10,16H,3-6,11-13H2,1-2H3,(H,18,20). The number of benzene rings is 1. The van der Waals surface area contributed by atoms with E-state index in [0.717, 1.165) is 27.1 Å². The lowest BCUT2D eigenvalue weighted by atomic mass is 10.2. The summed E-state index contributed by atoms with van der Waals surface area (Å²) in [5.74, 6) is 0.604. The Hall–Kier alpha value is -1.21. The van der Waals surface area contributed by atoms with Crippen LogP contribution in [0.25, 0.3) is 0 Å². The van der Waals surface area contributed by atoms with Crippen molar-refractivity contribution in [3.63, 3.8) is 0 Å². The summed E-state index contributed by atoms with van der Waals surface area (Å²) in [5, 5.41) is 3.55. The highest BCUT2D eigenvalue weighted by molar-refractivity contribution is 7.99. The van der Waals surface area contributed by atoms with Crippen LogP contribution in [0.4, 0.5) is 5.69 Å². The fourth-order valence-corrected chi connectivity index (χ4v) is 4.84. The molecule has 134 valence electrons. The molecule has 1 aliphatic rings. The molecule has 0 atom stereocenters. The smallest absolute Gasteiger partial charge is 0.240 e. The lowest BCUT2D eigenvalue weighted by molar-refractivity contribution is -0.119. The molecule has 0 heterocycles. The molecule has 1 aromatic carbocycles. The van der Waals surface area contributed by atoms with Crippen LogP contribution in [-0.2, 0) is 14.8 Å². The summed E-state index contributed by atoms with van der Waals surface area (Å²) in [7, 11) is -3.50. The van der Waals surface area contributed by atoms with Gasteiger partial charge >= 0.3 is 0 Å². The van der Waals surface area contributed by atoms with Crippen LogP contribution in [0.5, 0.6) is 0 Å². The van der Waals surface area contributed by atoms with Gasteiger partial charge in [0.25, 0.3) is 0 Å². The number of thioether (sulfide) groups is 1. The molecule has 0 aromatic heterocycles. The molecule has 1 fully saturated rings. The molecule has 1 N–H and O–H groups in total. The normalized spacial score (nSPS) is 15.4. The highest BCUT2D eigenvalue weighted by Gasteiger charge is 2.20. The second kappa shape index (κ2) is 8.76. The van der Waals surface area contributed by atoms with Gasteiger partial charge in [-0.15, -0.1) is 0 Å². The van der Waals surface area contributed by atoms with E-state index in [9.17, 15) is 13.2 Å². The third-order valence-corrected chi connectivity index (χ3v) is 6.61. The number of sulfonamides is 1. The molecule has 24 heavy (non-hydrogen) atoms. The van der Waals surface area contributed by atoms with Gasteiger partial charge in [-0.05, 0) is 31.9 Å². The Morgan fingerprint density at radius 1 is 1.25 bits per heavy atom. The predicted octanol–water partition coefficient (Wildman–Crippen LogP) is 2.55. The zero-order valence-corrected chi connectivity index (χ0v) is 16.0. The van der Waals surface area contributed by atoms with E-state index in [1.165, 1.54) is 25.7 Å². The van der Waals surface area contributed by atoms with Crippen LogP contribution in [0, 0.1) is 6.92 Å². The molecule has 0 spiro atoms. The molecule has 1 amide bonds. The van der Waals surface area contributed by atoms with E-state index in [1.54, 1.807) is 12.1 Å².